The van der Waals surface area contributed by atoms with Crippen molar-refractivity contribution in [2.24, 2.45) is 0 Å². The van der Waals surface area contributed by atoms with Gasteiger partial charge in [0.2, 0.25) is 0 Å². The van der Waals surface area contributed by atoms with E-state index in [0.29, 0.717) is 18.8 Å². The van der Waals surface area contributed by atoms with Gasteiger partial charge in [0.05, 0.1) is 6.61 Å². The number of rotatable bonds is 3. The minimum atomic E-state index is -0.319. The molecule has 1 aromatic rings. The van der Waals surface area contributed by atoms with Crippen molar-refractivity contribution < 1.29 is 9.13 Å². The third-order valence-electron chi connectivity index (χ3n) is 1.24. The maximum absolute atomic E-state index is 12.8. The highest BCUT2D eigenvalue weighted by Crippen LogP contribution is 2.14. The van der Waals surface area contributed by atoms with Crippen LogP contribution in [-0.4, -0.2) is 6.61 Å². The van der Waals surface area contributed by atoms with E-state index in [0.717, 1.165) is 0 Å². The molecule has 0 aliphatic carbocycles. The molecule has 0 amide bonds. The second-order valence-electron chi connectivity index (χ2n) is 2.13. The molecule has 0 heterocycles. The summed E-state index contributed by atoms with van der Waals surface area (Å²) < 4.78 is 17.8. The average molecular weight is 153 g/mol. The molecule has 1 radical (unpaired) electrons. The number of ether oxygens (including phenoxy) is 1. The molecule has 59 valence electrons. The van der Waals surface area contributed by atoms with Crippen LogP contribution in [0.1, 0.15) is 6.42 Å². The Kier molecular flexibility index (Phi) is 2.90. The number of benzene rings is 1. The SMILES string of the molecule is [CH2]CCOc1ccccc1F. The lowest BCUT2D eigenvalue weighted by atomic mass is 10.3. The van der Waals surface area contributed by atoms with Crippen LogP contribution in [0.3, 0.4) is 0 Å². The molecule has 0 aliphatic heterocycles. The maximum atomic E-state index is 12.8. The molecule has 0 bridgehead atoms. The van der Waals surface area contributed by atoms with Crippen molar-refractivity contribution in [2.45, 2.75) is 6.42 Å². The maximum Gasteiger partial charge on any atom is 0.165 e. The Balaban J connectivity index is 2.62. The molecule has 0 aromatic heterocycles. The first-order chi connectivity index (χ1) is 5.34. The molecule has 0 aliphatic rings. The molecular formula is C9H10FO. The van der Waals surface area contributed by atoms with Crippen molar-refractivity contribution in [3.63, 3.8) is 0 Å². The fourth-order valence-electron chi connectivity index (χ4n) is 0.744. The Morgan fingerprint density at radius 3 is 2.73 bits per heavy atom. The lowest BCUT2D eigenvalue weighted by molar-refractivity contribution is 0.307. The second-order valence-corrected chi connectivity index (χ2v) is 2.13. The van der Waals surface area contributed by atoms with Gasteiger partial charge in [0.15, 0.2) is 11.6 Å². The molecule has 1 aromatic carbocycles. The van der Waals surface area contributed by atoms with Gasteiger partial charge in [0.25, 0.3) is 0 Å². The molecule has 1 nitrogen and oxygen atoms in total. The second kappa shape index (κ2) is 3.96. The Labute approximate surface area is 65.8 Å². The van der Waals surface area contributed by atoms with E-state index in [4.69, 9.17) is 4.74 Å². The summed E-state index contributed by atoms with van der Waals surface area (Å²) in [5, 5.41) is 0. The van der Waals surface area contributed by atoms with Gasteiger partial charge >= 0.3 is 0 Å². The van der Waals surface area contributed by atoms with Gasteiger partial charge in [0, 0.05) is 0 Å². The highest BCUT2D eigenvalue weighted by Gasteiger charge is 1.98. The van der Waals surface area contributed by atoms with E-state index in [1.54, 1.807) is 18.2 Å². The van der Waals surface area contributed by atoms with Crippen LogP contribution in [-0.2, 0) is 0 Å². The van der Waals surface area contributed by atoms with E-state index in [1.165, 1.54) is 6.07 Å². The quantitative estimate of drug-likeness (QED) is 0.648. The van der Waals surface area contributed by atoms with Gasteiger partial charge in [-0.05, 0) is 25.5 Å². The van der Waals surface area contributed by atoms with Crippen molar-refractivity contribution in [1.29, 1.82) is 0 Å². The number of halogens is 1. The predicted octanol–water partition coefficient (Wildman–Crippen LogP) is 2.43. The number of hydrogen-bond acceptors (Lipinski definition) is 1. The van der Waals surface area contributed by atoms with Crippen LogP contribution in [0, 0.1) is 12.7 Å². The summed E-state index contributed by atoms with van der Waals surface area (Å²) in [6.07, 6.45) is 0.647. The lowest BCUT2D eigenvalue weighted by Crippen LogP contribution is -1.96. The minimum absolute atomic E-state index is 0.302. The molecule has 0 saturated heterocycles. The summed E-state index contributed by atoms with van der Waals surface area (Å²) in [4.78, 5) is 0. The third-order valence-corrected chi connectivity index (χ3v) is 1.24. The van der Waals surface area contributed by atoms with Gasteiger partial charge in [-0.1, -0.05) is 12.1 Å². The first-order valence-corrected chi connectivity index (χ1v) is 3.51. The summed E-state index contributed by atoms with van der Waals surface area (Å²) in [7, 11) is 0. The fourth-order valence-corrected chi connectivity index (χ4v) is 0.744. The van der Waals surface area contributed by atoms with E-state index in [2.05, 4.69) is 6.92 Å². The van der Waals surface area contributed by atoms with E-state index in [1.807, 2.05) is 0 Å². The highest BCUT2D eigenvalue weighted by molar-refractivity contribution is 5.23. The van der Waals surface area contributed by atoms with Gasteiger partial charge in [-0.3, -0.25) is 0 Å². The lowest BCUT2D eigenvalue weighted by Gasteiger charge is -2.03. The number of hydrogen-bond donors (Lipinski definition) is 0. The first-order valence-electron chi connectivity index (χ1n) is 3.51. The van der Waals surface area contributed by atoms with Gasteiger partial charge in [-0.25, -0.2) is 4.39 Å². The van der Waals surface area contributed by atoms with Crippen LogP contribution in [0.2, 0.25) is 0 Å². The molecule has 1 rings (SSSR count). The van der Waals surface area contributed by atoms with Crippen molar-refractivity contribution in [1.82, 2.24) is 0 Å². The summed E-state index contributed by atoms with van der Waals surface area (Å²) in [6.45, 7) is 4.04. The zero-order valence-corrected chi connectivity index (χ0v) is 6.22. The van der Waals surface area contributed by atoms with Gasteiger partial charge in [-0.15, -0.1) is 0 Å². The van der Waals surface area contributed by atoms with Gasteiger partial charge in [-0.2, -0.15) is 0 Å². The summed E-state index contributed by atoms with van der Waals surface area (Å²) >= 11 is 0. The summed E-state index contributed by atoms with van der Waals surface area (Å²) in [5.74, 6) is -0.0166. The normalized spacial score (nSPS) is 9.64. The largest absolute Gasteiger partial charge is 0.491 e. The smallest absolute Gasteiger partial charge is 0.165 e. The van der Waals surface area contributed by atoms with E-state index in [-0.39, 0.29) is 5.82 Å². The van der Waals surface area contributed by atoms with E-state index in [9.17, 15) is 4.39 Å². The highest BCUT2D eigenvalue weighted by atomic mass is 19.1. The Hall–Kier alpha value is -1.05. The minimum Gasteiger partial charge on any atom is -0.491 e. The standard InChI is InChI=1S/C9H10FO/c1-2-7-11-9-6-4-3-5-8(9)10/h3-6H,1-2,7H2. The van der Waals surface area contributed by atoms with Crippen LogP contribution in [0.15, 0.2) is 24.3 Å². The monoisotopic (exact) mass is 153 g/mol. The van der Waals surface area contributed by atoms with Crippen molar-refractivity contribution in [2.75, 3.05) is 6.61 Å². The van der Waals surface area contributed by atoms with Crippen molar-refractivity contribution in [3.05, 3.63) is 37.0 Å². The van der Waals surface area contributed by atoms with Crippen LogP contribution in [0.5, 0.6) is 5.75 Å². The average Bonchev–Trinajstić information content (AvgIpc) is 2.03. The van der Waals surface area contributed by atoms with Crippen LogP contribution < -0.4 is 4.74 Å². The molecule has 0 N–H and O–H groups in total. The number of para-hydroxylation sites is 1. The zero-order valence-electron chi connectivity index (χ0n) is 6.22. The Bertz CT molecular complexity index is 223. The molecular weight excluding hydrogens is 143 g/mol. The van der Waals surface area contributed by atoms with E-state index >= 15 is 0 Å². The van der Waals surface area contributed by atoms with Crippen LogP contribution in [0.25, 0.3) is 0 Å². The Morgan fingerprint density at radius 2 is 2.09 bits per heavy atom. The molecule has 0 spiro atoms. The molecule has 0 fully saturated rings. The Morgan fingerprint density at radius 1 is 1.36 bits per heavy atom. The van der Waals surface area contributed by atoms with Gasteiger partial charge < -0.3 is 4.74 Å². The van der Waals surface area contributed by atoms with Gasteiger partial charge in [0.1, 0.15) is 0 Å². The predicted molar refractivity (Wildman–Crippen MR) is 41.9 cm³/mol. The molecule has 11 heavy (non-hydrogen) atoms. The zero-order chi connectivity index (χ0) is 8.10. The van der Waals surface area contributed by atoms with Crippen molar-refractivity contribution in [3.8, 4) is 5.75 Å². The molecule has 0 unspecified atom stereocenters. The first kappa shape index (κ1) is 8.05. The third kappa shape index (κ3) is 2.22. The summed E-state index contributed by atoms with van der Waals surface area (Å²) in [5.41, 5.74) is 0. The molecule has 2 heteroatoms. The summed E-state index contributed by atoms with van der Waals surface area (Å²) in [6, 6.07) is 6.34. The van der Waals surface area contributed by atoms with Crippen LogP contribution >= 0.6 is 0 Å². The molecule has 0 atom stereocenters. The molecule has 0 saturated carbocycles. The van der Waals surface area contributed by atoms with Crippen LogP contribution in [0.4, 0.5) is 4.39 Å². The fraction of sp³-hybridized carbons (Fsp3) is 0.222. The van der Waals surface area contributed by atoms with E-state index < -0.39 is 0 Å². The topological polar surface area (TPSA) is 9.23 Å². The van der Waals surface area contributed by atoms with Crippen molar-refractivity contribution >= 4 is 0 Å².